The molecule has 3 unspecified atom stereocenters. The van der Waals surface area contributed by atoms with Crippen LogP contribution in [-0.2, 0) is 32.7 Å². The van der Waals surface area contributed by atoms with Gasteiger partial charge in [-0.05, 0) is 51.4 Å². The number of phosphoric ester groups is 1. The van der Waals surface area contributed by atoms with E-state index in [9.17, 15) is 29.3 Å². The van der Waals surface area contributed by atoms with E-state index in [0.29, 0.717) is 12.8 Å². The van der Waals surface area contributed by atoms with Gasteiger partial charge in [0.2, 0.25) is 0 Å². The summed E-state index contributed by atoms with van der Waals surface area (Å²) in [5, 5.41) is 19.0. The van der Waals surface area contributed by atoms with Crippen molar-refractivity contribution in [2.24, 2.45) is 0 Å². The molecular weight excluding hydrogens is 623 g/mol. The zero-order valence-corrected chi connectivity index (χ0v) is 29.9. The average molecular weight is 687 g/mol. The smallest absolute Gasteiger partial charge is 0.457 e. The highest BCUT2D eigenvalue weighted by Gasteiger charge is 2.27. The van der Waals surface area contributed by atoms with E-state index < -0.39 is 58.4 Å². The van der Waals surface area contributed by atoms with Crippen LogP contribution in [0.15, 0.2) is 48.6 Å². The van der Waals surface area contributed by atoms with E-state index in [-0.39, 0.29) is 12.8 Å². The molecule has 3 N–H and O–H groups in total. The average Bonchev–Trinajstić information content (AvgIpc) is 3.05. The molecule has 0 aliphatic carbocycles. The number of hydrogen-bond acceptors (Lipinski definition) is 9. The van der Waals surface area contributed by atoms with Crippen LogP contribution in [0, 0.1) is 0 Å². The summed E-state index contributed by atoms with van der Waals surface area (Å²) in [4.78, 5) is 34.1. The first kappa shape index (κ1) is 44.9. The van der Waals surface area contributed by atoms with Gasteiger partial charge in [0.05, 0.1) is 26.4 Å². The molecule has 0 saturated carbocycles. The molecule has 0 spiro atoms. The minimum absolute atomic E-state index is 0.163. The monoisotopic (exact) mass is 686 g/mol. The van der Waals surface area contributed by atoms with Gasteiger partial charge in [-0.3, -0.25) is 18.6 Å². The van der Waals surface area contributed by atoms with Crippen LogP contribution >= 0.6 is 7.82 Å². The maximum absolute atomic E-state index is 12.2. The molecular formula is C36H63O10P. The second kappa shape index (κ2) is 32.5. The van der Waals surface area contributed by atoms with Gasteiger partial charge < -0.3 is 24.6 Å². The Hall–Kier alpha value is -2.07. The van der Waals surface area contributed by atoms with E-state index in [1.54, 1.807) is 0 Å². The molecule has 0 rings (SSSR count). The van der Waals surface area contributed by atoms with Crippen LogP contribution in [0.4, 0.5) is 0 Å². The van der Waals surface area contributed by atoms with Crippen molar-refractivity contribution < 1.29 is 47.8 Å². The Labute approximate surface area is 283 Å². The first-order chi connectivity index (χ1) is 22.8. The van der Waals surface area contributed by atoms with E-state index in [1.165, 1.54) is 19.3 Å². The van der Waals surface area contributed by atoms with Gasteiger partial charge in [-0.1, -0.05) is 114 Å². The summed E-state index contributed by atoms with van der Waals surface area (Å²) in [7, 11) is -4.63. The van der Waals surface area contributed by atoms with Gasteiger partial charge in [0, 0.05) is 12.8 Å². The van der Waals surface area contributed by atoms with Crippen molar-refractivity contribution >= 4 is 19.8 Å². The van der Waals surface area contributed by atoms with Gasteiger partial charge in [0.25, 0.3) is 0 Å². The zero-order valence-electron chi connectivity index (χ0n) is 29.0. The minimum atomic E-state index is -4.63. The fourth-order valence-corrected chi connectivity index (χ4v) is 5.12. The Kier molecular flexibility index (Phi) is 31.0. The summed E-state index contributed by atoms with van der Waals surface area (Å²) in [5.41, 5.74) is 0. The summed E-state index contributed by atoms with van der Waals surface area (Å²) in [6.07, 6.45) is 31.2. The van der Waals surface area contributed by atoms with E-state index in [0.717, 1.165) is 70.6 Å². The van der Waals surface area contributed by atoms with Crippen LogP contribution in [0.1, 0.15) is 129 Å². The standard InChI is InChI=1S/C36H63O10P/c1-3-5-7-9-11-12-13-14-15-16-17-18-19-20-22-24-26-28-36(40)46-34(30-38)32-44-47(41,42)43-31-33(29-37)45-35(39)27-25-23-21-10-8-6-4-2/h5,7,11-12,14-15,17-18,33-34,37-38H,3-4,6,8-10,13,16,19-32H2,1-2H3,(H,41,42)/b7-5-,12-11-,15-14-,18-17-. The molecule has 0 fully saturated rings. The number of carbonyl (C=O) groups is 2. The van der Waals surface area contributed by atoms with Crippen molar-refractivity contribution in [3.8, 4) is 0 Å². The quantitative estimate of drug-likeness (QED) is 0.0274. The summed E-state index contributed by atoms with van der Waals surface area (Å²) < 4.78 is 32.2. The number of esters is 2. The molecule has 47 heavy (non-hydrogen) atoms. The molecule has 0 aromatic heterocycles. The summed E-state index contributed by atoms with van der Waals surface area (Å²) in [6, 6.07) is 0. The van der Waals surface area contributed by atoms with E-state index >= 15 is 0 Å². The zero-order chi connectivity index (χ0) is 34.9. The molecule has 0 amide bonds. The van der Waals surface area contributed by atoms with Gasteiger partial charge in [-0.2, -0.15) is 0 Å². The highest BCUT2D eigenvalue weighted by atomic mass is 31.2. The molecule has 0 aliphatic heterocycles. The predicted octanol–water partition coefficient (Wildman–Crippen LogP) is 8.21. The maximum atomic E-state index is 12.2. The molecule has 10 nitrogen and oxygen atoms in total. The van der Waals surface area contributed by atoms with Crippen LogP contribution < -0.4 is 0 Å². The Morgan fingerprint density at radius 1 is 0.596 bits per heavy atom. The number of phosphoric acid groups is 1. The first-order valence-electron chi connectivity index (χ1n) is 17.6. The van der Waals surface area contributed by atoms with Crippen LogP contribution in [0.5, 0.6) is 0 Å². The maximum Gasteiger partial charge on any atom is 0.472 e. The third-order valence-corrected chi connectivity index (χ3v) is 8.01. The van der Waals surface area contributed by atoms with E-state index in [4.69, 9.17) is 18.5 Å². The third kappa shape index (κ3) is 31.0. The number of hydrogen-bond donors (Lipinski definition) is 3. The Balaban J connectivity index is 4.04. The summed E-state index contributed by atoms with van der Waals surface area (Å²) in [5.74, 6) is -1.05. The summed E-state index contributed by atoms with van der Waals surface area (Å²) in [6.45, 7) is 1.97. The molecule has 0 aromatic rings. The second-order valence-electron chi connectivity index (χ2n) is 11.5. The molecule has 272 valence electrons. The van der Waals surface area contributed by atoms with Crippen molar-refractivity contribution in [3.63, 3.8) is 0 Å². The van der Waals surface area contributed by atoms with Gasteiger partial charge in [0.1, 0.15) is 12.2 Å². The number of ether oxygens (including phenoxy) is 2. The topological polar surface area (TPSA) is 149 Å². The van der Waals surface area contributed by atoms with Crippen molar-refractivity contribution in [1.29, 1.82) is 0 Å². The Morgan fingerprint density at radius 3 is 1.45 bits per heavy atom. The van der Waals surface area contributed by atoms with Gasteiger partial charge in [-0.25, -0.2) is 4.57 Å². The van der Waals surface area contributed by atoms with E-state index in [2.05, 4.69) is 62.5 Å². The molecule has 11 heteroatoms. The lowest BCUT2D eigenvalue weighted by molar-refractivity contribution is -0.153. The number of rotatable bonds is 32. The van der Waals surface area contributed by atoms with Crippen LogP contribution in [0.3, 0.4) is 0 Å². The molecule has 0 radical (unpaired) electrons. The number of aliphatic hydroxyl groups excluding tert-OH is 2. The molecule has 3 atom stereocenters. The number of allylic oxidation sites excluding steroid dienone is 8. The van der Waals surface area contributed by atoms with Crippen LogP contribution in [0.25, 0.3) is 0 Å². The Bertz CT molecular complexity index is 931. The van der Waals surface area contributed by atoms with Crippen molar-refractivity contribution in [2.75, 3.05) is 26.4 Å². The van der Waals surface area contributed by atoms with Gasteiger partial charge in [-0.15, -0.1) is 0 Å². The summed E-state index contributed by atoms with van der Waals surface area (Å²) >= 11 is 0. The lowest BCUT2D eigenvalue weighted by Gasteiger charge is -2.20. The van der Waals surface area contributed by atoms with E-state index in [1.807, 2.05) is 0 Å². The van der Waals surface area contributed by atoms with Crippen molar-refractivity contribution in [2.45, 2.75) is 142 Å². The minimum Gasteiger partial charge on any atom is -0.457 e. The van der Waals surface area contributed by atoms with Crippen molar-refractivity contribution in [1.82, 2.24) is 0 Å². The SMILES string of the molecule is CC/C=C\C/C=C\C/C=C\C/C=C\CCCCCCC(=O)OC(CO)COP(=O)(O)OCC(CO)OC(=O)CCCCCCCCC. The molecule has 0 aromatic carbocycles. The highest BCUT2D eigenvalue weighted by molar-refractivity contribution is 7.47. The normalized spacial score (nSPS) is 14.7. The van der Waals surface area contributed by atoms with Gasteiger partial charge >= 0.3 is 19.8 Å². The fourth-order valence-electron chi connectivity index (χ4n) is 4.34. The number of carbonyl (C=O) groups excluding carboxylic acids is 2. The van der Waals surface area contributed by atoms with Crippen LogP contribution in [-0.4, -0.2) is 65.7 Å². The lowest BCUT2D eigenvalue weighted by Crippen LogP contribution is -2.28. The highest BCUT2D eigenvalue weighted by Crippen LogP contribution is 2.43. The predicted molar refractivity (Wildman–Crippen MR) is 187 cm³/mol. The molecule has 0 aliphatic rings. The van der Waals surface area contributed by atoms with Crippen LogP contribution in [0.2, 0.25) is 0 Å². The molecule has 0 heterocycles. The van der Waals surface area contributed by atoms with Crippen molar-refractivity contribution in [3.05, 3.63) is 48.6 Å². The molecule has 0 bridgehead atoms. The first-order valence-corrected chi connectivity index (χ1v) is 19.1. The second-order valence-corrected chi connectivity index (χ2v) is 12.9. The third-order valence-electron chi connectivity index (χ3n) is 7.06. The fraction of sp³-hybridized carbons (Fsp3) is 0.722. The Morgan fingerprint density at radius 2 is 1.00 bits per heavy atom. The number of unbranched alkanes of at least 4 members (excludes halogenated alkanes) is 10. The van der Waals surface area contributed by atoms with Gasteiger partial charge in [0.15, 0.2) is 0 Å². The lowest BCUT2D eigenvalue weighted by atomic mass is 10.1. The largest absolute Gasteiger partial charge is 0.472 e. The number of aliphatic hydroxyl groups is 2. The molecule has 0 saturated heterocycles.